The predicted molar refractivity (Wildman–Crippen MR) is 106 cm³/mol. The van der Waals surface area contributed by atoms with Gasteiger partial charge in [-0.2, -0.15) is 10.2 Å². The van der Waals surface area contributed by atoms with Crippen molar-refractivity contribution in [3.63, 3.8) is 0 Å². The average Bonchev–Trinajstić information content (AvgIpc) is 3.25. The van der Waals surface area contributed by atoms with Crippen LogP contribution >= 0.6 is 0 Å². The van der Waals surface area contributed by atoms with Crippen LogP contribution < -0.4 is 4.90 Å². The number of rotatable bonds is 5. The summed E-state index contributed by atoms with van der Waals surface area (Å²) in [6, 6.07) is 16.4. The van der Waals surface area contributed by atoms with E-state index in [0.717, 1.165) is 48.8 Å². The molecule has 0 radical (unpaired) electrons. The lowest BCUT2D eigenvalue weighted by molar-refractivity contribution is 0.313. The molecule has 0 unspecified atom stereocenters. The highest BCUT2D eigenvalue weighted by Gasteiger charge is 2.13. The molecule has 6 heteroatoms. The largest absolute Gasteiger partial charge is 0.444 e. The number of benzene rings is 2. The molecule has 0 bridgehead atoms. The number of oxazole rings is 1. The van der Waals surface area contributed by atoms with Gasteiger partial charge < -0.3 is 14.2 Å². The average molecular weight is 361 g/mol. The van der Waals surface area contributed by atoms with Crippen LogP contribution in [0.3, 0.4) is 0 Å². The van der Waals surface area contributed by atoms with E-state index in [1.54, 1.807) is 6.20 Å². The van der Waals surface area contributed by atoms with Crippen molar-refractivity contribution < 1.29 is 4.42 Å². The van der Waals surface area contributed by atoms with E-state index < -0.39 is 0 Å². The van der Waals surface area contributed by atoms with Gasteiger partial charge in [0.25, 0.3) is 0 Å². The second kappa shape index (κ2) is 8.14. The Morgan fingerprint density at radius 1 is 0.963 bits per heavy atom. The maximum absolute atomic E-state index is 5.29. The first-order chi connectivity index (χ1) is 13.3. The molecule has 0 saturated carbocycles. The second-order valence-corrected chi connectivity index (χ2v) is 6.77. The molecule has 1 aliphatic rings. The molecule has 138 valence electrons. The minimum absolute atomic E-state index is 0.576. The van der Waals surface area contributed by atoms with E-state index in [9.17, 15) is 0 Å². The van der Waals surface area contributed by atoms with Gasteiger partial charge in [0.05, 0.1) is 18.4 Å². The van der Waals surface area contributed by atoms with Crippen LogP contribution in [0.25, 0.3) is 11.3 Å². The molecular formula is C21H23N5O. The minimum Gasteiger partial charge on any atom is -0.444 e. The molecule has 1 fully saturated rings. The zero-order valence-electron chi connectivity index (χ0n) is 15.5. The second-order valence-electron chi connectivity index (χ2n) is 6.77. The number of hydrogen-bond acceptors (Lipinski definition) is 6. The van der Waals surface area contributed by atoms with Gasteiger partial charge in [0, 0.05) is 37.4 Å². The summed E-state index contributed by atoms with van der Waals surface area (Å²) in [6.07, 6.45) is 3.13. The monoisotopic (exact) mass is 361 g/mol. The van der Waals surface area contributed by atoms with Crippen molar-refractivity contribution in [1.29, 1.82) is 0 Å². The number of nitrogens with zero attached hydrogens (tertiary/aromatic N) is 5. The van der Waals surface area contributed by atoms with Crippen LogP contribution in [0.15, 0.2) is 75.8 Å². The highest BCUT2D eigenvalue weighted by molar-refractivity contribution is 5.59. The Hall–Kier alpha value is -2.99. The first-order valence-electron chi connectivity index (χ1n) is 9.17. The lowest BCUT2D eigenvalue weighted by Crippen LogP contribution is -2.44. The van der Waals surface area contributed by atoms with Gasteiger partial charge in [0.1, 0.15) is 0 Å². The summed E-state index contributed by atoms with van der Waals surface area (Å²) in [7, 11) is 2.17. The van der Waals surface area contributed by atoms with E-state index in [1.165, 1.54) is 12.1 Å². The Morgan fingerprint density at radius 3 is 2.37 bits per heavy atom. The normalized spacial score (nSPS) is 15.5. The van der Waals surface area contributed by atoms with Crippen LogP contribution in [0.1, 0.15) is 5.56 Å². The smallest absolute Gasteiger partial charge is 0.181 e. The third-order valence-electron chi connectivity index (χ3n) is 4.83. The molecule has 1 aliphatic heterocycles. The zero-order valence-corrected chi connectivity index (χ0v) is 15.5. The highest BCUT2D eigenvalue weighted by atomic mass is 16.3. The van der Waals surface area contributed by atoms with Crippen LogP contribution in [0.4, 0.5) is 11.4 Å². The molecule has 1 aromatic heterocycles. The van der Waals surface area contributed by atoms with Crippen molar-refractivity contribution in [2.24, 2.45) is 10.2 Å². The SMILES string of the molecule is CN1CCN(c2ccc(CN=Nc3ccc(-c4cnco4)cc3)cc2)CC1. The molecule has 1 saturated heterocycles. The first-order valence-corrected chi connectivity index (χ1v) is 9.17. The molecule has 0 amide bonds. The zero-order chi connectivity index (χ0) is 18.5. The Labute approximate surface area is 159 Å². The van der Waals surface area contributed by atoms with Crippen molar-refractivity contribution in [3.8, 4) is 11.3 Å². The van der Waals surface area contributed by atoms with Gasteiger partial charge in [-0.25, -0.2) is 4.98 Å². The van der Waals surface area contributed by atoms with Crippen molar-refractivity contribution in [1.82, 2.24) is 9.88 Å². The number of azo groups is 1. The molecular weight excluding hydrogens is 338 g/mol. The van der Waals surface area contributed by atoms with Gasteiger partial charge in [-0.1, -0.05) is 12.1 Å². The molecule has 0 atom stereocenters. The molecule has 2 heterocycles. The molecule has 3 aromatic rings. The number of anilines is 1. The Balaban J connectivity index is 1.33. The Kier molecular flexibility index (Phi) is 5.25. The fourth-order valence-corrected chi connectivity index (χ4v) is 3.13. The Morgan fingerprint density at radius 2 is 1.70 bits per heavy atom. The molecule has 2 aromatic carbocycles. The maximum atomic E-state index is 5.29. The third kappa shape index (κ3) is 4.41. The van der Waals surface area contributed by atoms with Crippen molar-refractivity contribution >= 4 is 11.4 Å². The molecule has 0 N–H and O–H groups in total. The van der Waals surface area contributed by atoms with E-state index in [4.69, 9.17) is 4.42 Å². The summed E-state index contributed by atoms with van der Waals surface area (Å²) in [4.78, 5) is 8.73. The molecule has 6 nitrogen and oxygen atoms in total. The van der Waals surface area contributed by atoms with Gasteiger partial charge in [0.15, 0.2) is 12.2 Å². The van der Waals surface area contributed by atoms with Crippen LogP contribution in [-0.2, 0) is 6.54 Å². The first kappa shape index (κ1) is 17.4. The van der Waals surface area contributed by atoms with E-state index in [2.05, 4.69) is 56.3 Å². The van der Waals surface area contributed by atoms with Crippen molar-refractivity contribution in [2.45, 2.75) is 6.54 Å². The molecule has 4 rings (SSSR count). The van der Waals surface area contributed by atoms with Crippen LogP contribution in [0.5, 0.6) is 0 Å². The number of likely N-dealkylation sites (N-methyl/N-ethyl adjacent to an activating group) is 1. The van der Waals surface area contributed by atoms with Crippen molar-refractivity contribution in [3.05, 3.63) is 66.7 Å². The van der Waals surface area contributed by atoms with E-state index in [-0.39, 0.29) is 0 Å². The van der Waals surface area contributed by atoms with Crippen molar-refractivity contribution in [2.75, 3.05) is 38.1 Å². The van der Waals surface area contributed by atoms with E-state index >= 15 is 0 Å². The van der Waals surface area contributed by atoms with Gasteiger partial charge in [0.2, 0.25) is 0 Å². The van der Waals surface area contributed by atoms with Gasteiger partial charge in [-0.15, -0.1) is 0 Å². The lowest BCUT2D eigenvalue weighted by Gasteiger charge is -2.34. The summed E-state index contributed by atoms with van der Waals surface area (Å²) >= 11 is 0. The van der Waals surface area contributed by atoms with Crippen LogP contribution in [0, 0.1) is 0 Å². The van der Waals surface area contributed by atoms with Crippen LogP contribution in [-0.4, -0.2) is 43.1 Å². The fourth-order valence-electron chi connectivity index (χ4n) is 3.13. The quantitative estimate of drug-likeness (QED) is 0.633. The summed E-state index contributed by atoms with van der Waals surface area (Å²) in [6.45, 7) is 4.97. The van der Waals surface area contributed by atoms with E-state index in [1.807, 2.05) is 24.3 Å². The standard InChI is InChI=1S/C21H23N5O/c1-25-10-12-26(13-11-25)20-8-2-17(3-9-20)14-23-24-19-6-4-18(5-7-19)21-15-22-16-27-21/h2-9,15-16H,10-14H2,1H3. The number of piperazine rings is 1. The minimum atomic E-state index is 0.576. The predicted octanol–water partition coefficient (Wildman–Crippen LogP) is 4.38. The van der Waals surface area contributed by atoms with Gasteiger partial charge in [-0.05, 0) is 49.0 Å². The van der Waals surface area contributed by atoms with Gasteiger partial charge in [-0.3, -0.25) is 0 Å². The topological polar surface area (TPSA) is 57.2 Å². The summed E-state index contributed by atoms with van der Waals surface area (Å²) in [5.41, 5.74) is 4.25. The third-order valence-corrected chi connectivity index (χ3v) is 4.83. The van der Waals surface area contributed by atoms with E-state index in [0.29, 0.717) is 6.54 Å². The summed E-state index contributed by atoms with van der Waals surface area (Å²) < 4.78 is 5.29. The molecule has 27 heavy (non-hydrogen) atoms. The Bertz CT molecular complexity index is 864. The molecule has 0 aliphatic carbocycles. The number of aromatic nitrogens is 1. The maximum Gasteiger partial charge on any atom is 0.181 e. The summed E-state index contributed by atoms with van der Waals surface area (Å²) in [5.74, 6) is 0.749. The number of hydrogen-bond donors (Lipinski definition) is 0. The van der Waals surface area contributed by atoms with Gasteiger partial charge >= 0.3 is 0 Å². The highest BCUT2D eigenvalue weighted by Crippen LogP contribution is 2.23. The summed E-state index contributed by atoms with van der Waals surface area (Å²) in [5, 5.41) is 8.63. The molecule has 0 spiro atoms. The fraction of sp³-hybridized carbons (Fsp3) is 0.286. The lowest BCUT2D eigenvalue weighted by atomic mass is 10.2. The van der Waals surface area contributed by atoms with Crippen LogP contribution in [0.2, 0.25) is 0 Å².